The first-order chi connectivity index (χ1) is 12.7. The number of aryl methyl sites for hydroxylation is 1. The summed E-state index contributed by atoms with van der Waals surface area (Å²) in [6, 6.07) is 6.45. The zero-order chi connectivity index (χ0) is 20.1. The first kappa shape index (κ1) is 19.8. The van der Waals surface area contributed by atoms with Crippen molar-refractivity contribution in [3.8, 4) is 0 Å². The van der Waals surface area contributed by atoms with Gasteiger partial charge in [-0.25, -0.2) is 0 Å². The molecule has 1 aromatic heterocycles. The fraction of sp³-hybridized carbons (Fsp3) is 0.294. The van der Waals surface area contributed by atoms with Crippen LogP contribution < -0.4 is 5.32 Å². The number of carbonyl (C=O) groups excluding carboxylic acids is 3. The third kappa shape index (κ3) is 4.75. The average Bonchev–Trinajstić information content (AvgIpc) is 2.87. The van der Waals surface area contributed by atoms with E-state index in [2.05, 4.69) is 10.4 Å². The van der Waals surface area contributed by atoms with Crippen molar-refractivity contribution in [2.24, 2.45) is 0 Å². The molecule has 10 heteroatoms. The molecule has 0 aliphatic carbocycles. The maximum atomic E-state index is 11.9. The molecule has 2 aromatic rings. The molecule has 0 aliphatic rings. The van der Waals surface area contributed by atoms with Gasteiger partial charge in [0.1, 0.15) is 17.9 Å². The van der Waals surface area contributed by atoms with Gasteiger partial charge < -0.3 is 10.1 Å². The third-order valence-corrected chi connectivity index (χ3v) is 3.75. The van der Waals surface area contributed by atoms with Crippen molar-refractivity contribution in [1.29, 1.82) is 0 Å². The smallest absolute Gasteiger partial charge is 0.328 e. The normalized spacial score (nSPS) is 10.3. The van der Waals surface area contributed by atoms with E-state index in [0.29, 0.717) is 11.3 Å². The van der Waals surface area contributed by atoms with Crippen LogP contribution in [-0.4, -0.2) is 39.0 Å². The number of aromatic nitrogens is 2. The van der Waals surface area contributed by atoms with E-state index in [9.17, 15) is 24.5 Å². The van der Waals surface area contributed by atoms with Gasteiger partial charge in [-0.2, -0.15) is 5.10 Å². The Morgan fingerprint density at radius 3 is 2.52 bits per heavy atom. The summed E-state index contributed by atoms with van der Waals surface area (Å²) in [5.41, 5.74) is 0.895. The van der Waals surface area contributed by atoms with E-state index in [-0.39, 0.29) is 29.4 Å². The molecule has 0 radical (unpaired) electrons. The Balaban J connectivity index is 1.95. The predicted molar refractivity (Wildman–Crippen MR) is 94.4 cm³/mol. The Labute approximate surface area is 154 Å². The van der Waals surface area contributed by atoms with Crippen LogP contribution in [0, 0.1) is 24.0 Å². The fourth-order valence-electron chi connectivity index (χ4n) is 2.51. The summed E-state index contributed by atoms with van der Waals surface area (Å²) in [6.07, 6.45) is 0. The standard InChI is InChI=1S/C17H18N4O6/c1-10-17(21(25)26)11(2)20(19-10)8-16(24)27-9-15(23)18-14-7-5-4-6-13(14)12(3)22/h4-7H,8-9H2,1-3H3,(H,18,23). The number of amides is 1. The Hall–Kier alpha value is -3.56. The largest absolute Gasteiger partial charge is 0.454 e. The molecule has 10 nitrogen and oxygen atoms in total. The first-order valence-corrected chi connectivity index (χ1v) is 7.94. The minimum Gasteiger partial charge on any atom is -0.454 e. The van der Waals surface area contributed by atoms with Crippen molar-refractivity contribution in [1.82, 2.24) is 9.78 Å². The van der Waals surface area contributed by atoms with Gasteiger partial charge in [-0.1, -0.05) is 12.1 Å². The van der Waals surface area contributed by atoms with Crippen LogP contribution in [0.1, 0.15) is 28.7 Å². The number of ether oxygens (including phenoxy) is 1. The van der Waals surface area contributed by atoms with Gasteiger partial charge >= 0.3 is 11.7 Å². The average molecular weight is 374 g/mol. The maximum Gasteiger partial charge on any atom is 0.328 e. The van der Waals surface area contributed by atoms with Crippen LogP contribution in [-0.2, 0) is 20.9 Å². The molecule has 0 bridgehead atoms. The summed E-state index contributed by atoms with van der Waals surface area (Å²) in [6.45, 7) is 3.38. The summed E-state index contributed by atoms with van der Waals surface area (Å²) in [4.78, 5) is 45.8. The molecule has 27 heavy (non-hydrogen) atoms. The molecule has 0 atom stereocenters. The first-order valence-electron chi connectivity index (χ1n) is 7.94. The van der Waals surface area contributed by atoms with E-state index in [4.69, 9.17) is 4.74 Å². The van der Waals surface area contributed by atoms with Crippen molar-refractivity contribution in [3.63, 3.8) is 0 Å². The fourth-order valence-corrected chi connectivity index (χ4v) is 2.51. The highest BCUT2D eigenvalue weighted by Gasteiger charge is 2.23. The molecule has 1 amide bonds. The summed E-state index contributed by atoms with van der Waals surface area (Å²) in [5, 5.41) is 17.4. The van der Waals surface area contributed by atoms with E-state index < -0.39 is 23.4 Å². The Morgan fingerprint density at radius 1 is 1.26 bits per heavy atom. The lowest BCUT2D eigenvalue weighted by Crippen LogP contribution is -2.24. The van der Waals surface area contributed by atoms with E-state index in [1.54, 1.807) is 24.3 Å². The van der Waals surface area contributed by atoms with Crippen LogP contribution in [0.25, 0.3) is 0 Å². The highest BCUT2D eigenvalue weighted by atomic mass is 16.6. The van der Waals surface area contributed by atoms with E-state index in [0.717, 1.165) is 4.68 Å². The monoisotopic (exact) mass is 374 g/mol. The van der Waals surface area contributed by atoms with Crippen molar-refractivity contribution in [2.45, 2.75) is 27.3 Å². The topological polar surface area (TPSA) is 133 Å². The highest BCUT2D eigenvalue weighted by molar-refractivity contribution is 6.04. The molecule has 0 fully saturated rings. The van der Waals surface area contributed by atoms with Crippen molar-refractivity contribution in [2.75, 3.05) is 11.9 Å². The minimum atomic E-state index is -0.773. The van der Waals surface area contributed by atoms with E-state index in [1.807, 2.05) is 0 Å². The summed E-state index contributed by atoms with van der Waals surface area (Å²) in [5.74, 6) is -1.60. The predicted octanol–water partition coefficient (Wildman–Crippen LogP) is 1.79. The number of hydrogen-bond donors (Lipinski definition) is 1. The zero-order valence-electron chi connectivity index (χ0n) is 15.0. The van der Waals surface area contributed by atoms with Crippen molar-refractivity contribution < 1.29 is 24.0 Å². The highest BCUT2D eigenvalue weighted by Crippen LogP contribution is 2.21. The number of Topliss-reactive ketones (excluding diaryl/α,β-unsaturated/α-hetero) is 1. The maximum absolute atomic E-state index is 11.9. The summed E-state index contributed by atoms with van der Waals surface area (Å²) >= 11 is 0. The van der Waals surface area contributed by atoms with Gasteiger partial charge in [-0.05, 0) is 32.9 Å². The van der Waals surface area contributed by atoms with Gasteiger partial charge in [0, 0.05) is 5.56 Å². The zero-order valence-corrected chi connectivity index (χ0v) is 15.0. The molecule has 142 valence electrons. The van der Waals surface area contributed by atoms with Crippen molar-refractivity contribution >= 4 is 29.0 Å². The lowest BCUT2D eigenvalue weighted by molar-refractivity contribution is -0.386. The Morgan fingerprint density at radius 2 is 1.93 bits per heavy atom. The number of esters is 1. The number of nitrogens with one attached hydrogen (secondary N) is 1. The summed E-state index contributed by atoms with van der Waals surface area (Å²) in [7, 11) is 0. The van der Waals surface area contributed by atoms with Gasteiger partial charge in [0.2, 0.25) is 0 Å². The number of ketones is 1. The van der Waals surface area contributed by atoms with Gasteiger partial charge in [0.05, 0.1) is 10.6 Å². The number of carbonyl (C=O) groups is 3. The van der Waals surface area contributed by atoms with Gasteiger partial charge in [0.25, 0.3) is 5.91 Å². The number of para-hydroxylation sites is 1. The number of benzene rings is 1. The summed E-state index contributed by atoms with van der Waals surface area (Å²) < 4.78 is 6.03. The van der Waals surface area contributed by atoms with E-state index in [1.165, 1.54) is 20.8 Å². The lowest BCUT2D eigenvalue weighted by atomic mass is 10.1. The van der Waals surface area contributed by atoms with Crippen LogP contribution in [0.15, 0.2) is 24.3 Å². The molecule has 1 N–H and O–H groups in total. The SMILES string of the molecule is CC(=O)c1ccccc1NC(=O)COC(=O)Cn1nc(C)c([N+](=O)[O-])c1C. The number of nitrogens with zero attached hydrogens (tertiary/aromatic N) is 3. The number of nitro groups is 1. The molecule has 0 spiro atoms. The van der Waals surface area contributed by atoms with Crippen LogP contribution in [0.2, 0.25) is 0 Å². The third-order valence-electron chi connectivity index (χ3n) is 3.75. The number of rotatable bonds is 7. The Bertz CT molecular complexity index is 918. The molecular weight excluding hydrogens is 356 g/mol. The molecule has 0 unspecified atom stereocenters. The molecule has 1 aromatic carbocycles. The molecule has 2 rings (SSSR count). The second kappa shape index (κ2) is 8.21. The van der Waals surface area contributed by atoms with Crippen LogP contribution in [0.5, 0.6) is 0 Å². The quantitative estimate of drug-likeness (QED) is 0.338. The van der Waals surface area contributed by atoms with Crippen LogP contribution >= 0.6 is 0 Å². The van der Waals surface area contributed by atoms with Crippen LogP contribution in [0.3, 0.4) is 0 Å². The molecule has 0 saturated carbocycles. The van der Waals surface area contributed by atoms with Gasteiger partial charge in [0.15, 0.2) is 12.4 Å². The molecular formula is C17H18N4O6. The second-order valence-electron chi connectivity index (χ2n) is 5.74. The molecule has 0 saturated heterocycles. The van der Waals surface area contributed by atoms with Gasteiger partial charge in [-0.15, -0.1) is 0 Å². The Kier molecular flexibility index (Phi) is 6.01. The lowest BCUT2D eigenvalue weighted by Gasteiger charge is -2.09. The minimum absolute atomic E-state index is 0.165. The number of hydrogen-bond acceptors (Lipinski definition) is 7. The van der Waals surface area contributed by atoms with Crippen molar-refractivity contribution in [3.05, 3.63) is 51.3 Å². The van der Waals surface area contributed by atoms with E-state index >= 15 is 0 Å². The molecule has 0 aliphatic heterocycles. The molecule has 1 heterocycles. The number of anilines is 1. The van der Waals surface area contributed by atoms with Gasteiger partial charge in [-0.3, -0.25) is 29.2 Å². The van der Waals surface area contributed by atoms with Crippen LogP contribution in [0.4, 0.5) is 11.4 Å². The second-order valence-corrected chi connectivity index (χ2v) is 5.74.